The number of benzene rings is 1. The number of anilines is 1. The van der Waals surface area contributed by atoms with E-state index in [1.165, 1.54) is 0 Å². The Morgan fingerprint density at radius 2 is 2.12 bits per heavy atom. The highest BCUT2D eigenvalue weighted by atomic mass is 14.7. The number of nitriles is 1. The second-order valence-corrected chi connectivity index (χ2v) is 3.58. The summed E-state index contributed by atoms with van der Waals surface area (Å²) in [7, 11) is 0. The van der Waals surface area contributed by atoms with Gasteiger partial charge in [0.1, 0.15) is 0 Å². The van der Waals surface area contributed by atoms with E-state index in [0.29, 0.717) is 11.3 Å². The van der Waals surface area contributed by atoms with Crippen LogP contribution in [0.2, 0.25) is 0 Å². The molecule has 0 radical (unpaired) electrons. The number of pyridine rings is 1. The molecule has 0 unspecified atom stereocenters. The van der Waals surface area contributed by atoms with Crippen molar-refractivity contribution in [2.75, 3.05) is 5.73 Å². The first-order chi connectivity index (χ1) is 7.72. The summed E-state index contributed by atoms with van der Waals surface area (Å²) in [5.74, 6) is 0. The summed E-state index contributed by atoms with van der Waals surface area (Å²) in [6, 6.07) is 11.3. The van der Waals surface area contributed by atoms with E-state index < -0.39 is 0 Å². The van der Waals surface area contributed by atoms with E-state index in [1.807, 2.05) is 31.2 Å². The molecule has 0 saturated heterocycles. The molecule has 0 bridgehead atoms. The molecule has 0 fully saturated rings. The van der Waals surface area contributed by atoms with Crippen LogP contribution in [0.4, 0.5) is 5.69 Å². The molecule has 3 heteroatoms. The van der Waals surface area contributed by atoms with Crippen molar-refractivity contribution in [3.63, 3.8) is 0 Å². The van der Waals surface area contributed by atoms with Crippen LogP contribution in [0.1, 0.15) is 11.1 Å². The molecule has 0 aliphatic rings. The molecular formula is C13H11N3. The molecule has 1 aromatic carbocycles. The average molecular weight is 209 g/mol. The molecule has 2 rings (SSSR count). The maximum atomic E-state index is 8.83. The molecule has 78 valence electrons. The Labute approximate surface area is 94.2 Å². The van der Waals surface area contributed by atoms with Gasteiger partial charge in [0, 0.05) is 17.4 Å². The molecule has 2 N–H and O–H groups in total. The van der Waals surface area contributed by atoms with Crippen molar-refractivity contribution >= 4 is 5.69 Å². The van der Waals surface area contributed by atoms with E-state index in [-0.39, 0.29) is 0 Å². The van der Waals surface area contributed by atoms with Gasteiger partial charge in [-0.05, 0) is 36.8 Å². The first kappa shape index (κ1) is 10.2. The van der Waals surface area contributed by atoms with Gasteiger partial charge in [-0.25, -0.2) is 0 Å². The second kappa shape index (κ2) is 4.03. The van der Waals surface area contributed by atoms with Crippen LogP contribution < -0.4 is 5.73 Å². The minimum atomic E-state index is 0.578. The Morgan fingerprint density at radius 3 is 2.69 bits per heavy atom. The van der Waals surface area contributed by atoms with Gasteiger partial charge < -0.3 is 5.73 Å². The molecule has 0 saturated carbocycles. The van der Waals surface area contributed by atoms with E-state index in [4.69, 9.17) is 11.0 Å². The largest absolute Gasteiger partial charge is 0.398 e. The van der Waals surface area contributed by atoms with E-state index in [0.717, 1.165) is 16.8 Å². The molecule has 0 amide bonds. The van der Waals surface area contributed by atoms with Crippen LogP contribution in [-0.2, 0) is 0 Å². The number of nitrogens with two attached hydrogens (primary N) is 1. The van der Waals surface area contributed by atoms with Gasteiger partial charge in [-0.15, -0.1) is 0 Å². The molecule has 1 aromatic heterocycles. The smallest absolute Gasteiger partial charge is 0.0992 e. The Hall–Kier alpha value is -2.34. The third-order valence-corrected chi connectivity index (χ3v) is 2.42. The summed E-state index contributed by atoms with van der Waals surface area (Å²) >= 11 is 0. The normalized spacial score (nSPS) is 9.75. The lowest BCUT2D eigenvalue weighted by atomic mass is 10.0. The summed E-state index contributed by atoms with van der Waals surface area (Å²) in [6.45, 7) is 1.93. The minimum Gasteiger partial charge on any atom is -0.398 e. The third-order valence-electron chi connectivity index (χ3n) is 2.42. The summed E-state index contributed by atoms with van der Waals surface area (Å²) < 4.78 is 0. The van der Waals surface area contributed by atoms with Gasteiger partial charge in [-0.1, -0.05) is 6.07 Å². The fourth-order valence-corrected chi connectivity index (χ4v) is 1.74. The van der Waals surface area contributed by atoms with Crippen LogP contribution in [0, 0.1) is 18.3 Å². The van der Waals surface area contributed by atoms with Crippen LogP contribution in [0.3, 0.4) is 0 Å². The van der Waals surface area contributed by atoms with Crippen LogP contribution >= 0.6 is 0 Å². The monoisotopic (exact) mass is 209 g/mol. The molecule has 0 aliphatic carbocycles. The number of aryl methyl sites for hydroxylation is 1. The van der Waals surface area contributed by atoms with Crippen LogP contribution in [0.5, 0.6) is 0 Å². The lowest BCUT2D eigenvalue weighted by Crippen LogP contribution is -1.96. The molecule has 1 heterocycles. The van der Waals surface area contributed by atoms with Crippen molar-refractivity contribution in [3.8, 4) is 17.3 Å². The topological polar surface area (TPSA) is 62.7 Å². The molecule has 16 heavy (non-hydrogen) atoms. The maximum Gasteiger partial charge on any atom is 0.0992 e. The molecular weight excluding hydrogens is 198 g/mol. The Bertz CT molecular complexity index is 530. The fourth-order valence-electron chi connectivity index (χ4n) is 1.74. The first-order valence-electron chi connectivity index (χ1n) is 4.94. The third kappa shape index (κ3) is 1.73. The quantitative estimate of drug-likeness (QED) is 0.734. The summed E-state index contributed by atoms with van der Waals surface area (Å²) in [5.41, 5.74) is 9.82. The molecule has 0 atom stereocenters. The second-order valence-electron chi connectivity index (χ2n) is 3.58. The average Bonchev–Trinajstić information content (AvgIpc) is 2.29. The van der Waals surface area contributed by atoms with Crippen molar-refractivity contribution in [2.45, 2.75) is 6.92 Å². The van der Waals surface area contributed by atoms with Gasteiger partial charge >= 0.3 is 0 Å². The molecule has 3 nitrogen and oxygen atoms in total. The van der Waals surface area contributed by atoms with Crippen molar-refractivity contribution in [2.24, 2.45) is 0 Å². The van der Waals surface area contributed by atoms with Crippen molar-refractivity contribution < 1.29 is 0 Å². The first-order valence-corrected chi connectivity index (χ1v) is 4.94. The van der Waals surface area contributed by atoms with Gasteiger partial charge in [0.2, 0.25) is 0 Å². The Balaban J connectivity index is 2.64. The van der Waals surface area contributed by atoms with Gasteiger partial charge in [-0.2, -0.15) is 5.26 Å². The van der Waals surface area contributed by atoms with Crippen LogP contribution in [0.15, 0.2) is 36.5 Å². The zero-order valence-electron chi connectivity index (χ0n) is 8.94. The predicted octanol–water partition coefficient (Wildman–Crippen LogP) is 2.51. The predicted molar refractivity (Wildman–Crippen MR) is 63.5 cm³/mol. The summed E-state index contributed by atoms with van der Waals surface area (Å²) in [4.78, 5) is 4.26. The van der Waals surface area contributed by atoms with Gasteiger partial charge in [0.15, 0.2) is 0 Å². The van der Waals surface area contributed by atoms with Crippen molar-refractivity contribution in [1.82, 2.24) is 4.98 Å². The van der Waals surface area contributed by atoms with Crippen molar-refractivity contribution in [1.29, 1.82) is 5.26 Å². The highest BCUT2D eigenvalue weighted by Gasteiger charge is 2.08. The zero-order chi connectivity index (χ0) is 11.5. The maximum absolute atomic E-state index is 8.83. The number of nitrogens with zero attached hydrogens (tertiary/aromatic N) is 2. The van der Waals surface area contributed by atoms with E-state index in [9.17, 15) is 0 Å². The number of aromatic nitrogens is 1. The van der Waals surface area contributed by atoms with Crippen LogP contribution in [-0.4, -0.2) is 4.98 Å². The number of rotatable bonds is 1. The Morgan fingerprint density at radius 1 is 1.31 bits per heavy atom. The molecule has 0 spiro atoms. The van der Waals surface area contributed by atoms with Gasteiger partial charge in [-0.3, -0.25) is 4.98 Å². The Kier molecular flexibility index (Phi) is 2.57. The fraction of sp³-hybridized carbons (Fsp3) is 0.0769. The lowest BCUT2D eigenvalue weighted by molar-refractivity contribution is 1.30. The van der Waals surface area contributed by atoms with E-state index in [2.05, 4.69) is 11.1 Å². The van der Waals surface area contributed by atoms with Crippen molar-refractivity contribution in [3.05, 3.63) is 47.7 Å². The van der Waals surface area contributed by atoms with E-state index >= 15 is 0 Å². The standard InChI is InChI=1S/C13H11N3/c1-9-6-10(8-14)7-11(15)13(9)12-4-2-3-5-16-12/h2-7H,15H2,1H3. The van der Waals surface area contributed by atoms with E-state index in [1.54, 1.807) is 12.3 Å². The van der Waals surface area contributed by atoms with Gasteiger partial charge in [0.05, 0.1) is 17.3 Å². The number of hydrogen-bond acceptors (Lipinski definition) is 3. The minimum absolute atomic E-state index is 0.578. The number of nitrogen functional groups attached to an aromatic ring is 1. The highest BCUT2D eigenvalue weighted by molar-refractivity contribution is 5.78. The SMILES string of the molecule is Cc1cc(C#N)cc(N)c1-c1ccccn1. The lowest BCUT2D eigenvalue weighted by Gasteiger charge is -2.09. The van der Waals surface area contributed by atoms with Gasteiger partial charge in [0.25, 0.3) is 0 Å². The summed E-state index contributed by atoms with van der Waals surface area (Å²) in [5, 5.41) is 8.83. The molecule has 2 aromatic rings. The zero-order valence-corrected chi connectivity index (χ0v) is 8.94. The summed E-state index contributed by atoms with van der Waals surface area (Å²) in [6.07, 6.45) is 1.73. The molecule has 0 aliphatic heterocycles. The highest BCUT2D eigenvalue weighted by Crippen LogP contribution is 2.28. The van der Waals surface area contributed by atoms with Crippen LogP contribution in [0.25, 0.3) is 11.3 Å². The number of hydrogen-bond donors (Lipinski definition) is 1.